The molecule has 1 aromatic heterocycles. The predicted octanol–water partition coefficient (Wildman–Crippen LogP) is 1.79. The largest absolute Gasteiger partial charge is 0.312 e. The number of aryl methyl sites for hydroxylation is 1. The average molecular weight is 237 g/mol. The van der Waals surface area contributed by atoms with Gasteiger partial charge in [-0.2, -0.15) is 5.10 Å². The molecular weight excluding hydrogens is 214 g/mol. The van der Waals surface area contributed by atoms with E-state index in [-0.39, 0.29) is 11.3 Å². The maximum Gasteiger partial charge on any atom is 0.138 e. The molecule has 1 aromatic rings. The van der Waals surface area contributed by atoms with Crippen LogP contribution in [-0.2, 0) is 17.8 Å². The van der Waals surface area contributed by atoms with Crippen molar-refractivity contribution >= 4 is 5.78 Å². The van der Waals surface area contributed by atoms with Crippen LogP contribution in [0.4, 0.5) is 0 Å². The van der Waals surface area contributed by atoms with Crippen molar-refractivity contribution in [3.05, 3.63) is 18.0 Å². The lowest BCUT2D eigenvalue weighted by molar-refractivity contribution is -0.118. The van der Waals surface area contributed by atoms with Gasteiger partial charge in [0, 0.05) is 37.7 Å². The third kappa shape index (κ3) is 5.63. The second kappa shape index (κ2) is 5.96. The number of rotatable bonds is 6. The molecule has 4 nitrogen and oxygen atoms in total. The molecule has 0 aliphatic rings. The van der Waals surface area contributed by atoms with E-state index in [0.29, 0.717) is 12.8 Å². The van der Waals surface area contributed by atoms with Crippen LogP contribution in [0.2, 0.25) is 0 Å². The lowest BCUT2D eigenvalue weighted by Crippen LogP contribution is -2.37. The molecule has 0 spiro atoms. The zero-order valence-corrected chi connectivity index (χ0v) is 11.3. The highest BCUT2D eigenvalue weighted by atomic mass is 16.1. The van der Waals surface area contributed by atoms with Crippen molar-refractivity contribution in [3.63, 3.8) is 0 Å². The second-order valence-corrected chi connectivity index (χ2v) is 5.35. The number of nitrogens with one attached hydrogen (secondary N) is 1. The number of nitrogens with zero attached hydrogens (tertiary/aromatic N) is 2. The monoisotopic (exact) mass is 237 g/mol. The molecule has 0 fully saturated rings. The first-order valence-electron chi connectivity index (χ1n) is 6.19. The first kappa shape index (κ1) is 13.9. The van der Waals surface area contributed by atoms with E-state index in [9.17, 15) is 4.79 Å². The summed E-state index contributed by atoms with van der Waals surface area (Å²) in [5, 5.41) is 7.47. The van der Waals surface area contributed by atoms with Gasteiger partial charge in [-0.25, -0.2) is 0 Å². The summed E-state index contributed by atoms with van der Waals surface area (Å²) in [4.78, 5) is 11.7. The fraction of sp³-hybridized carbons (Fsp3) is 0.692. The summed E-state index contributed by atoms with van der Waals surface area (Å²) < 4.78 is 1.84. The van der Waals surface area contributed by atoms with Crippen molar-refractivity contribution in [3.8, 4) is 0 Å². The fourth-order valence-corrected chi connectivity index (χ4v) is 1.56. The predicted molar refractivity (Wildman–Crippen MR) is 69.0 cm³/mol. The Morgan fingerprint density at radius 1 is 1.47 bits per heavy atom. The van der Waals surface area contributed by atoms with Crippen LogP contribution in [0.1, 0.15) is 39.7 Å². The van der Waals surface area contributed by atoms with Crippen molar-refractivity contribution in [1.29, 1.82) is 0 Å². The van der Waals surface area contributed by atoms with Crippen molar-refractivity contribution < 1.29 is 4.79 Å². The van der Waals surface area contributed by atoms with E-state index in [2.05, 4.69) is 31.2 Å². The highest BCUT2D eigenvalue weighted by Crippen LogP contribution is 2.03. The summed E-state index contributed by atoms with van der Waals surface area (Å²) in [6.07, 6.45) is 4.79. The van der Waals surface area contributed by atoms with Crippen LogP contribution in [0.15, 0.2) is 12.4 Å². The van der Waals surface area contributed by atoms with Gasteiger partial charge in [0.15, 0.2) is 0 Å². The van der Waals surface area contributed by atoms with Crippen LogP contribution in [0.5, 0.6) is 0 Å². The Morgan fingerprint density at radius 3 is 2.71 bits per heavy atom. The third-order valence-corrected chi connectivity index (χ3v) is 2.47. The minimum absolute atomic E-state index is 0.0768. The molecule has 0 amide bonds. The van der Waals surface area contributed by atoms with Gasteiger partial charge in [0.25, 0.3) is 0 Å². The van der Waals surface area contributed by atoms with Crippen LogP contribution >= 0.6 is 0 Å². The van der Waals surface area contributed by atoms with Crippen LogP contribution in [0.25, 0.3) is 0 Å². The average Bonchev–Trinajstić information content (AvgIpc) is 2.63. The zero-order valence-electron chi connectivity index (χ0n) is 11.3. The SMILES string of the molecule is CCn1cc(CC(=O)CCNC(C)(C)C)cn1. The molecule has 4 heteroatoms. The van der Waals surface area contributed by atoms with Gasteiger partial charge in [0.05, 0.1) is 6.20 Å². The van der Waals surface area contributed by atoms with Crippen molar-refractivity contribution in [2.24, 2.45) is 0 Å². The van der Waals surface area contributed by atoms with Crippen molar-refractivity contribution in [2.75, 3.05) is 6.54 Å². The Labute approximate surface area is 103 Å². The van der Waals surface area contributed by atoms with Crippen molar-refractivity contribution in [2.45, 2.75) is 52.6 Å². The topological polar surface area (TPSA) is 46.9 Å². The number of carbonyl (C=O) groups excluding carboxylic acids is 1. The molecule has 0 aromatic carbocycles. The van der Waals surface area contributed by atoms with Gasteiger partial charge in [-0.15, -0.1) is 0 Å². The van der Waals surface area contributed by atoms with Crippen LogP contribution < -0.4 is 5.32 Å². The zero-order chi connectivity index (χ0) is 12.9. The molecule has 0 atom stereocenters. The summed E-state index contributed by atoms with van der Waals surface area (Å²) >= 11 is 0. The molecule has 0 aliphatic carbocycles. The Morgan fingerprint density at radius 2 is 2.18 bits per heavy atom. The maximum atomic E-state index is 11.7. The van der Waals surface area contributed by atoms with Gasteiger partial charge in [0.1, 0.15) is 5.78 Å². The molecular formula is C13H23N3O. The van der Waals surface area contributed by atoms with Gasteiger partial charge in [-0.1, -0.05) is 0 Å². The first-order valence-corrected chi connectivity index (χ1v) is 6.19. The van der Waals surface area contributed by atoms with E-state index in [1.165, 1.54) is 0 Å². The maximum absolute atomic E-state index is 11.7. The summed E-state index contributed by atoms with van der Waals surface area (Å²) in [6, 6.07) is 0. The van der Waals surface area contributed by atoms with Gasteiger partial charge >= 0.3 is 0 Å². The van der Waals surface area contributed by atoms with E-state index in [1.807, 2.05) is 17.8 Å². The van der Waals surface area contributed by atoms with E-state index >= 15 is 0 Å². The summed E-state index contributed by atoms with van der Waals surface area (Å²) in [5.74, 6) is 0.261. The van der Waals surface area contributed by atoms with Crippen LogP contribution in [-0.4, -0.2) is 27.6 Å². The fourth-order valence-electron chi connectivity index (χ4n) is 1.56. The highest BCUT2D eigenvalue weighted by Gasteiger charge is 2.10. The number of aromatic nitrogens is 2. The normalized spacial score (nSPS) is 11.8. The Bertz CT molecular complexity index is 363. The molecule has 1 N–H and O–H groups in total. The minimum Gasteiger partial charge on any atom is -0.312 e. The molecule has 0 unspecified atom stereocenters. The van der Waals surface area contributed by atoms with Crippen LogP contribution in [0, 0.1) is 0 Å². The molecule has 0 saturated carbocycles. The molecule has 0 bridgehead atoms. The number of hydrogen-bond acceptors (Lipinski definition) is 3. The Balaban J connectivity index is 2.30. The quantitative estimate of drug-likeness (QED) is 0.820. The number of hydrogen-bond donors (Lipinski definition) is 1. The van der Waals surface area contributed by atoms with E-state index in [1.54, 1.807) is 6.20 Å². The van der Waals surface area contributed by atoms with E-state index in [0.717, 1.165) is 18.7 Å². The standard InChI is InChI=1S/C13H23N3O/c1-5-16-10-11(9-15-16)8-12(17)6-7-14-13(2,3)4/h9-10,14H,5-8H2,1-4H3. The number of carbonyl (C=O) groups is 1. The molecule has 17 heavy (non-hydrogen) atoms. The third-order valence-electron chi connectivity index (χ3n) is 2.47. The van der Waals surface area contributed by atoms with E-state index in [4.69, 9.17) is 0 Å². The molecule has 0 radical (unpaired) electrons. The van der Waals surface area contributed by atoms with E-state index < -0.39 is 0 Å². The number of Topliss-reactive ketones (excluding diaryl/α,β-unsaturated/α-hetero) is 1. The van der Waals surface area contributed by atoms with Gasteiger partial charge in [-0.05, 0) is 33.3 Å². The molecule has 0 aliphatic heterocycles. The highest BCUT2D eigenvalue weighted by molar-refractivity contribution is 5.80. The molecule has 96 valence electrons. The molecule has 1 heterocycles. The lowest BCUT2D eigenvalue weighted by atomic mass is 10.1. The second-order valence-electron chi connectivity index (χ2n) is 5.35. The Hall–Kier alpha value is -1.16. The van der Waals surface area contributed by atoms with Crippen molar-refractivity contribution in [1.82, 2.24) is 15.1 Å². The summed E-state index contributed by atoms with van der Waals surface area (Å²) in [6.45, 7) is 9.92. The first-order chi connectivity index (χ1) is 7.90. The minimum atomic E-state index is 0.0768. The number of ketones is 1. The lowest BCUT2D eigenvalue weighted by Gasteiger charge is -2.19. The Kier molecular flexibility index (Phi) is 4.87. The summed E-state index contributed by atoms with van der Waals surface area (Å²) in [5.41, 5.74) is 1.08. The smallest absolute Gasteiger partial charge is 0.138 e. The van der Waals surface area contributed by atoms with Gasteiger partial charge in [0.2, 0.25) is 0 Å². The summed E-state index contributed by atoms with van der Waals surface area (Å²) in [7, 11) is 0. The van der Waals surface area contributed by atoms with Crippen LogP contribution in [0.3, 0.4) is 0 Å². The van der Waals surface area contributed by atoms with Gasteiger partial charge < -0.3 is 5.32 Å². The molecule has 1 rings (SSSR count). The molecule has 0 saturated heterocycles. The van der Waals surface area contributed by atoms with Gasteiger partial charge in [-0.3, -0.25) is 9.48 Å².